The molecule has 0 saturated heterocycles. The van der Waals surface area contributed by atoms with Crippen molar-refractivity contribution in [3.63, 3.8) is 0 Å². The second kappa shape index (κ2) is 7.81. The van der Waals surface area contributed by atoms with Gasteiger partial charge >= 0.3 is 0 Å². The molecule has 7 nitrogen and oxygen atoms in total. The van der Waals surface area contributed by atoms with Gasteiger partial charge in [-0.25, -0.2) is 0 Å². The quantitative estimate of drug-likeness (QED) is 0.501. The Balaban J connectivity index is 2.01. The molecule has 3 aromatic rings. The number of halogens is 1. The van der Waals surface area contributed by atoms with E-state index in [0.29, 0.717) is 15.0 Å². The van der Waals surface area contributed by atoms with E-state index < -0.39 is 10.3 Å². The molecule has 9 heteroatoms. The lowest BCUT2D eigenvalue weighted by Gasteiger charge is -2.12. The molecule has 0 fully saturated rings. The summed E-state index contributed by atoms with van der Waals surface area (Å²) in [6.45, 7) is 5.39. The number of hydrogen-bond acceptors (Lipinski definition) is 6. The zero-order valence-electron chi connectivity index (χ0n) is 15.8. The predicted octanol–water partition coefficient (Wildman–Crippen LogP) is 3.48. The fraction of sp³-hybridized carbons (Fsp3) is 0.200. The van der Waals surface area contributed by atoms with Crippen molar-refractivity contribution in [3.8, 4) is 11.3 Å². The monoisotopic (exact) mass is 432 g/mol. The van der Waals surface area contributed by atoms with Gasteiger partial charge in [0.25, 0.3) is 11.2 Å². The van der Waals surface area contributed by atoms with Gasteiger partial charge in [-0.2, -0.15) is 0 Å². The van der Waals surface area contributed by atoms with Crippen molar-refractivity contribution in [2.45, 2.75) is 20.8 Å². The van der Waals surface area contributed by atoms with Gasteiger partial charge in [-0.1, -0.05) is 32.4 Å². The second-order valence-electron chi connectivity index (χ2n) is 7.31. The maximum absolute atomic E-state index is 12.2. The molecule has 1 N–H and O–H groups in total. The van der Waals surface area contributed by atoms with Crippen molar-refractivity contribution in [1.82, 2.24) is 4.98 Å². The van der Waals surface area contributed by atoms with E-state index in [1.54, 1.807) is 32.9 Å². The number of thiazole rings is 1. The highest BCUT2D eigenvalue weighted by atomic mass is 35.5. The lowest BCUT2D eigenvalue weighted by atomic mass is 9.91. The number of H-pyrrole nitrogens is 1. The van der Waals surface area contributed by atoms with Crippen LogP contribution in [0.2, 0.25) is 5.02 Å². The molecule has 150 valence electrons. The number of nitrogens with zero attached hydrogens (tertiary/aromatic N) is 1. The number of carbonyl (C=O) groups excluding carboxylic acids is 1. The number of rotatable bonds is 4. The Morgan fingerprint density at radius 2 is 2.00 bits per heavy atom. The van der Waals surface area contributed by atoms with Crippen LogP contribution < -0.4 is 14.8 Å². The maximum Gasteiger partial charge on any atom is 0.281 e. The van der Waals surface area contributed by atoms with Gasteiger partial charge in [-0.3, -0.25) is 19.7 Å². The molecule has 0 radical (unpaired) electrons. The highest BCUT2D eigenvalue weighted by molar-refractivity contribution is 7.07. The minimum Gasteiger partial charge on any atom is -0.456 e. The largest absolute Gasteiger partial charge is 0.456 e. The Morgan fingerprint density at radius 1 is 1.28 bits per heavy atom. The number of nitro groups is 1. The van der Waals surface area contributed by atoms with Crippen molar-refractivity contribution in [2.24, 2.45) is 5.41 Å². The lowest BCUT2D eigenvalue weighted by molar-refractivity contribution is -0.384. The first-order valence-corrected chi connectivity index (χ1v) is 9.75. The van der Waals surface area contributed by atoms with E-state index in [-0.39, 0.29) is 33.4 Å². The Labute approximate surface area is 174 Å². The Hall–Kier alpha value is -2.97. The summed E-state index contributed by atoms with van der Waals surface area (Å²) in [7, 11) is 0. The molecule has 0 aliphatic carbocycles. The van der Waals surface area contributed by atoms with Crippen molar-refractivity contribution < 1.29 is 14.1 Å². The number of benzene rings is 1. The van der Waals surface area contributed by atoms with Crippen LogP contribution in [-0.2, 0) is 4.79 Å². The van der Waals surface area contributed by atoms with E-state index in [4.69, 9.17) is 16.0 Å². The van der Waals surface area contributed by atoms with E-state index in [2.05, 4.69) is 4.98 Å². The standard InChI is InChI=1S/C20H17ClN2O5S/c1-20(2,3)17(24)10-18-22-19(25)16(29-18)9-12-5-7-15(28-12)13-6-4-11(21)8-14(13)23(26)27/h4-10H,1-3H3,(H,22,25)/b16-9+,18-10+. The first-order valence-electron chi connectivity index (χ1n) is 8.56. The molecular formula is C20H17ClN2O5S. The second-order valence-corrected chi connectivity index (χ2v) is 8.83. The number of nitrogens with one attached hydrogen (secondary N) is 1. The molecule has 0 bridgehead atoms. The number of aromatic amines is 1. The van der Waals surface area contributed by atoms with Gasteiger partial charge < -0.3 is 9.40 Å². The van der Waals surface area contributed by atoms with E-state index in [1.807, 2.05) is 0 Å². The van der Waals surface area contributed by atoms with Crippen molar-refractivity contribution in [2.75, 3.05) is 0 Å². The third-order valence-electron chi connectivity index (χ3n) is 4.00. The smallest absolute Gasteiger partial charge is 0.281 e. The van der Waals surface area contributed by atoms with Crippen molar-refractivity contribution in [1.29, 1.82) is 0 Å². The van der Waals surface area contributed by atoms with E-state index in [0.717, 1.165) is 11.3 Å². The Kier molecular flexibility index (Phi) is 5.59. The molecule has 0 spiro atoms. The van der Waals surface area contributed by atoms with Crippen molar-refractivity contribution >= 4 is 46.6 Å². The maximum atomic E-state index is 12.2. The minimum atomic E-state index is -0.548. The van der Waals surface area contributed by atoms with Crippen LogP contribution in [0.5, 0.6) is 0 Å². The van der Waals surface area contributed by atoms with Crippen LogP contribution in [-0.4, -0.2) is 15.7 Å². The first kappa shape index (κ1) is 20.8. The highest BCUT2D eigenvalue weighted by Gasteiger charge is 2.19. The lowest BCUT2D eigenvalue weighted by Crippen LogP contribution is -2.22. The van der Waals surface area contributed by atoms with E-state index in [1.165, 1.54) is 30.4 Å². The number of carbonyl (C=O) groups is 1. The zero-order valence-corrected chi connectivity index (χ0v) is 17.4. The summed E-state index contributed by atoms with van der Waals surface area (Å²) in [6, 6.07) is 7.48. The molecule has 1 aromatic carbocycles. The summed E-state index contributed by atoms with van der Waals surface area (Å²) in [5.41, 5.74) is -0.791. The average molecular weight is 433 g/mol. The minimum absolute atomic E-state index is 0.100. The van der Waals surface area contributed by atoms with Gasteiger partial charge in [0.15, 0.2) is 5.78 Å². The third kappa shape index (κ3) is 4.72. The third-order valence-corrected chi connectivity index (χ3v) is 5.20. The Morgan fingerprint density at radius 3 is 2.66 bits per heavy atom. The Bertz CT molecular complexity index is 1280. The van der Waals surface area contributed by atoms with E-state index in [9.17, 15) is 19.7 Å². The van der Waals surface area contributed by atoms with E-state index >= 15 is 0 Å². The van der Waals surface area contributed by atoms with Gasteiger partial charge in [0.05, 0.1) is 19.7 Å². The molecular weight excluding hydrogens is 416 g/mol. The van der Waals surface area contributed by atoms with Crippen LogP contribution >= 0.6 is 22.9 Å². The number of hydrogen-bond donors (Lipinski definition) is 1. The zero-order chi connectivity index (χ0) is 21.3. The fourth-order valence-corrected chi connectivity index (χ4v) is 3.46. The fourth-order valence-electron chi connectivity index (χ4n) is 2.43. The average Bonchev–Trinajstić information content (AvgIpc) is 3.21. The van der Waals surface area contributed by atoms with Crippen LogP contribution in [0.25, 0.3) is 23.5 Å². The topological polar surface area (TPSA) is 106 Å². The van der Waals surface area contributed by atoms with Gasteiger partial charge in [-0.15, -0.1) is 11.3 Å². The highest BCUT2D eigenvalue weighted by Crippen LogP contribution is 2.33. The molecule has 3 rings (SSSR count). The van der Waals surface area contributed by atoms with Gasteiger partial charge in [-0.05, 0) is 24.3 Å². The summed E-state index contributed by atoms with van der Waals surface area (Å²) < 4.78 is 6.47. The van der Waals surface area contributed by atoms with Crippen molar-refractivity contribution in [3.05, 3.63) is 70.8 Å². The number of ketones is 1. The molecule has 0 amide bonds. The molecule has 0 aliphatic rings. The normalized spacial score (nSPS) is 13.1. The summed E-state index contributed by atoms with van der Waals surface area (Å²) in [5, 5.41) is 11.5. The summed E-state index contributed by atoms with van der Waals surface area (Å²) in [4.78, 5) is 37.7. The van der Waals surface area contributed by atoms with Crippen LogP contribution in [0.4, 0.5) is 5.69 Å². The number of Topliss-reactive ketones (excluding diaryl/α,β-unsaturated/α-hetero) is 1. The summed E-state index contributed by atoms with van der Waals surface area (Å²) in [6.07, 6.45) is 2.93. The number of aromatic nitrogens is 1. The first-order chi connectivity index (χ1) is 13.5. The summed E-state index contributed by atoms with van der Waals surface area (Å²) >= 11 is 6.97. The van der Waals surface area contributed by atoms with Crippen LogP contribution in [0.15, 0.2) is 39.5 Å². The summed E-state index contributed by atoms with van der Waals surface area (Å²) in [5.74, 6) is 0.532. The predicted molar refractivity (Wildman–Crippen MR) is 112 cm³/mol. The van der Waals surface area contributed by atoms with Crippen LogP contribution in [0, 0.1) is 15.5 Å². The van der Waals surface area contributed by atoms with Crippen LogP contribution in [0.3, 0.4) is 0 Å². The molecule has 0 unspecified atom stereocenters. The van der Waals surface area contributed by atoms with Gasteiger partial charge in [0.2, 0.25) is 0 Å². The molecule has 0 saturated carbocycles. The number of nitro benzene ring substituents is 1. The number of furan rings is 1. The molecule has 0 atom stereocenters. The van der Waals surface area contributed by atoms with Crippen LogP contribution in [0.1, 0.15) is 26.5 Å². The molecule has 0 aliphatic heterocycles. The SMILES string of the molecule is CC(C)(C)C(=O)/C=c1\[nH]c(=O)/c(=C\c2ccc(-c3ccc(Cl)cc3[N+](=O)[O-])o2)s1. The van der Waals surface area contributed by atoms with Gasteiger partial charge in [0, 0.05) is 28.7 Å². The molecule has 29 heavy (non-hydrogen) atoms. The molecule has 2 aromatic heterocycles. The van der Waals surface area contributed by atoms with Gasteiger partial charge in [0.1, 0.15) is 11.5 Å². The molecule has 2 heterocycles.